The average Bonchev–Trinajstić information content (AvgIpc) is 1.60. The highest BCUT2D eigenvalue weighted by Crippen LogP contribution is 2.35. The fourth-order valence-corrected chi connectivity index (χ4v) is 17.7. The lowest BCUT2D eigenvalue weighted by atomic mass is 9.97. The van der Waals surface area contributed by atoms with E-state index < -0.39 is 91.2 Å². The molecule has 36 nitrogen and oxygen atoms in total. The second-order valence-electron chi connectivity index (χ2n) is 28.0. The van der Waals surface area contributed by atoms with Gasteiger partial charge in [0, 0.05) is 138 Å². The minimum atomic E-state index is -4.35. The number of carbonyl (C=O) groups is 11. The second kappa shape index (κ2) is 41.7. The number of rotatable bonds is 44. The lowest BCUT2D eigenvalue weighted by Crippen LogP contribution is -2.53. The van der Waals surface area contributed by atoms with Crippen LogP contribution >= 0.6 is 23.5 Å². The van der Waals surface area contributed by atoms with Crippen molar-refractivity contribution in [2.75, 3.05) is 103 Å². The van der Waals surface area contributed by atoms with Crippen LogP contribution in [0, 0.1) is 5.92 Å². The van der Waals surface area contributed by atoms with E-state index in [1.165, 1.54) is 0 Å². The number of urea groups is 2. The molecule has 1 aromatic heterocycles. The monoisotopic (exact) mass is 1550 g/mol. The summed E-state index contributed by atoms with van der Waals surface area (Å²) in [5.74, 6) is -3.29. The Morgan fingerprint density at radius 1 is 0.448 bits per heavy atom. The number of piperidine rings is 3. The first-order chi connectivity index (χ1) is 50.2. The molecule has 12 amide bonds. The molecule has 8 atom stereocenters. The van der Waals surface area contributed by atoms with Gasteiger partial charge in [0.1, 0.15) is 12.1 Å². The standard InChI is InChI=1S/C65H106N18O18S4/c84-50(13-7-5-11-48-56-46(39-102-48)74-64(94)76-56)66-27-9-1-3-15-54(88)72-44(17-19-52(86)68-29-37-104(96,97)98)58(90)70-42-23-33-82(34-24-42)62-78-61(81-31-21-41(22-32-81)60(92)93)79-63(80-62)83-35-25-43(26-36-83)71-59(91)45(18-20-53(87)69-30-38-105(99,100)101)73-55(89)16-4-2-10-28-67-51(85)14-8-6-12-49-57-47(40-103-49)75-65(95)77-57/h41-49,56-57H,1-40H2,(H,66,84)(H,67,85)(H,68,86)(H,69,87)(H,70,90)(H,71,91)(H,72,88)(H,73,89)(H,92,93)(H2,74,76,94)(H2,75,77,95)(H,96,97,98)(H,99,100,101). The van der Waals surface area contributed by atoms with Crippen molar-refractivity contribution in [3.63, 3.8) is 0 Å². The molecule has 0 aliphatic carbocycles. The van der Waals surface area contributed by atoms with E-state index in [-0.39, 0.29) is 112 Å². The summed E-state index contributed by atoms with van der Waals surface area (Å²) in [6.07, 6.45) is 10.9. The van der Waals surface area contributed by atoms with Crippen LogP contribution in [-0.2, 0) is 63.4 Å². The van der Waals surface area contributed by atoms with Gasteiger partial charge in [-0.05, 0) is 103 Å². The van der Waals surface area contributed by atoms with Crippen molar-refractivity contribution in [1.29, 1.82) is 0 Å². The first-order valence-electron chi connectivity index (χ1n) is 37.0. The maximum Gasteiger partial charge on any atom is 0.315 e. The number of carboxylic acids is 1. The molecule has 7 aliphatic heterocycles. The van der Waals surface area contributed by atoms with Gasteiger partial charge >= 0.3 is 18.0 Å². The summed E-state index contributed by atoms with van der Waals surface area (Å²) in [5, 5.41) is 44.6. The molecule has 15 N–H and O–H groups in total. The maximum absolute atomic E-state index is 14.1. The van der Waals surface area contributed by atoms with Gasteiger partial charge in [0.2, 0.25) is 65.1 Å². The summed E-state index contributed by atoms with van der Waals surface area (Å²) in [6.45, 7) is 2.34. The van der Waals surface area contributed by atoms with Crippen LogP contribution in [0.25, 0.3) is 0 Å². The van der Waals surface area contributed by atoms with Crippen LogP contribution in [0.15, 0.2) is 0 Å². The van der Waals surface area contributed by atoms with Gasteiger partial charge in [-0.1, -0.05) is 25.7 Å². The summed E-state index contributed by atoms with van der Waals surface area (Å²) in [5.41, 5.74) is 0. The number of hydrogen-bond acceptors (Lipinski definition) is 23. The second-order valence-corrected chi connectivity index (χ2v) is 33.7. The van der Waals surface area contributed by atoms with Crippen LogP contribution in [0.5, 0.6) is 0 Å². The van der Waals surface area contributed by atoms with Crippen molar-refractivity contribution in [3.8, 4) is 0 Å². The maximum atomic E-state index is 14.1. The van der Waals surface area contributed by atoms with E-state index in [2.05, 4.69) is 63.8 Å². The van der Waals surface area contributed by atoms with Crippen molar-refractivity contribution < 1.29 is 83.8 Å². The third kappa shape index (κ3) is 29.1. The fraction of sp³-hybridized carbons (Fsp3) is 0.785. The molecule has 0 spiro atoms. The van der Waals surface area contributed by atoms with Crippen molar-refractivity contribution in [3.05, 3.63) is 0 Å². The molecular weight excluding hydrogens is 1450 g/mol. The van der Waals surface area contributed by atoms with Crippen LogP contribution in [0.1, 0.15) is 167 Å². The fourth-order valence-electron chi connectivity index (χ4n) is 13.9. The Labute approximate surface area is 621 Å². The van der Waals surface area contributed by atoms with Crippen LogP contribution in [-0.4, -0.2) is 259 Å². The van der Waals surface area contributed by atoms with Crippen molar-refractivity contribution in [2.45, 2.75) is 226 Å². The molecule has 8 rings (SSSR count). The number of aliphatic carboxylic acids is 1. The number of nitrogens with zero attached hydrogens (tertiary/aromatic N) is 6. The number of unbranched alkanes of at least 4 members (excludes halogenated alkanes) is 6. The number of fused-ring (bicyclic) bond motifs is 2. The summed E-state index contributed by atoms with van der Waals surface area (Å²) in [7, 11) is -8.70. The van der Waals surface area contributed by atoms with Gasteiger partial charge in [-0.15, -0.1) is 0 Å². The zero-order valence-electron chi connectivity index (χ0n) is 59.4. The number of hydrogen-bond donors (Lipinski definition) is 15. The molecule has 0 aromatic carbocycles. The van der Waals surface area contributed by atoms with Crippen LogP contribution in [0.3, 0.4) is 0 Å². The van der Waals surface area contributed by atoms with E-state index in [9.17, 15) is 74.7 Å². The lowest BCUT2D eigenvalue weighted by Gasteiger charge is -2.36. The van der Waals surface area contributed by atoms with Crippen LogP contribution < -0.4 is 78.5 Å². The van der Waals surface area contributed by atoms with Crippen LogP contribution in [0.2, 0.25) is 0 Å². The Kier molecular flexibility index (Phi) is 33.1. The molecule has 7 aliphatic rings. The van der Waals surface area contributed by atoms with Crippen molar-refractivity contribution >= 4 is 127 Å². The third-order valence-corrected chi connectivity index (χ3v) is 24.4. The van der Waals surface area contributed by atoms with Crippen molar-refractivity contribution in [2.24, 2.45) is 5.92 Å². The molecule has 7 fully saturated rings. The molecule has 0 radical (unpaired) electrons. The van der Waals surface area contributed by atoms with E-state index in [0.29, 0.717) is 171 Å². The predicted octanol–water partition coefficient (Wildman–Crippen LogP) is -0.315. The molecule has 1 aromatic rings. The molecule has 105 heavy (non-hydrogen) atoms. The zero-order chi connectivity index (χ0) is 75.5. The largest absolute Gasteiger partial charge is 0.481 e. The average molecular weight is 1560 g/mol. The van der Waals surface area contributed by atoms with Gasteiger partial charge in [-0.3, -0.25) is 52.3 Å². The Bertz CT molecular complexity index is 3190. The van der Waals surface area contributed by atoms with E-state index in [4.69, 9.17) is 24.1 Å². The van der Waals surface area contributed by atoms with Crippen LogP contribution in [0.4, 0.5) is 27.4 Å². The Balaban J connectivity index is 0.796. The van der Waals surface area contributed by atoms with Crippen molar-refractivity contribution in [1.82, 2.24) is 78.8 Å². The summed E-state index contributed by atoms with van der Waals surface area (Å²) in [6, 6.07) is -2.77. The number of amides is 12. The number of thioether (sulfide) groups is 2. The summed E-state index contributed by atoms with van der Waals surface area (Å²) >= 11 is 3.67. The molecule has 8 unspecified atom stereocenters. The molecule has 40 heteroatoms. The highest BCUT2D eigenvalue weighted by atomic mass is 32.2. The van der Waals surface area contributed by atoms with E-state index >= 15 is 0 Å². The smallest absolute Gasteiger partial charge is 0.315 e. The minimum absolute atomic E-state index is 0.0591. The van der Waals surface area contributed by atoms with E-state index in [1.54, 1.807) is 0 Å². The first kappa shape index (κ1) is 83.3. The quantitative estimate of drug-likeness (QED) is 0.0226. The molecule has 588 valence electrons. The highest BCUT2D eigenvalue weighted by molar-refractivity contribution is 8.00. The van der Waals surface area contributed by atoms with Gasteiger partial charge in [0.05, 0.1) is 41.6 Å². The number of nitrogens with one attached hydrogen (secondary N) is 12. The molecule has 7 saturated heterocycles. The van der Waals surface area contributed by atoms with Gasteiger partial charge < -0.3 is 83.6 Å². The predicted molar refractivity (Wildman–Crippen MR) is 391 cm³/mol. The van der Waals surface area contributed by atoms with Gasteiger partial charge in [-0.25, -0.2) is 9.59 Å². The van der Waals surface area contributed by atoms with E-state index in [1.807, 2.05) is 38.2 Å². The lowest BCUT2D eigenvalue weighted by molar-refractivity contribution is -0.142. The van der Waals surface area contributed by atoms with Gasteiger partial charge in [0.25, 0.3) is 20.2 Å². The first-order valence-corrected chi connectivity index (χ1v) is 42.3. The summed E-state index contributed by atoms with van der Waals surface area (Å²) < 4.78 is 63.4. The Morgan fingerprint density at radius 2 is 0.790 bits per heavy atom. The van der Waals surface area contributed by atoms with E-state index in [0.717, 1.165) is 50.0 Å². The normalized spacial score (nSPS) is 21.9. The topological polar surface area (TPSA) is 509 Å². The Hall–Kier alpha value is -7.30. The molecule has 8 heterocycles. The number of aromatic nitrogens is 3. The van der Waals surface area contributed by atoms with Gasteiger partial charge in [0.15, 0.2) is 0 Å². The minimum Gasteiger partial charge on any atom is -0.481 e. The van der Waals surface area contributed by atoms with Gasteiger partial charge in [-0.2, -0.15) is 55.3 Å². The highest BCUT2D eigenvalue weighted by Gasteiger charge is 2.44. The zero-order valence-corrected chi connectivity index (χ0v) is 62.7. The molecule has 0 saturated carbocycles. The molecule has 0 bridgehead atoms. The Morgan fingerprint density at radius 3 is 1.16 bits per heavy atom. The number of carboxylic acid groups (broad SMARTS) is 1. The number of anilines is 3. The SMILES string of the molecule is O=C(CCCCC1SCC2NC(=O)NC21)NCCCCCC(=O)NC(CCC(=O)NCCS(=O)(=O)O)C(=O)NC1CCN(c2nc(N3CCC(NC(=O)C(CCC(=O)NCCS(=O)(=O)O)NC(=O)CCCCCNC(=O)CCCCC4SCC5NC(=O)NC54)CC3)nc(N3CCC(C(=O)O)CC3)n2)CC1. The third-order valence-electron chi connectivity index (χ3n) is 19.9. The summed E-state index contributed by atoms with van der Waals surface area (Å²) in [4.78, 5) is 161. The number of carbonyl (C=O) groups excluding carboxylic acids is 10. The molecular formula is C65H106N18O18S4.